The molecule has 0 spiro atoms. The molecule has 0 aliphatic rings. The zero-order chi connectivity index (χ0) is 39.9. The first-order valence-electron chi connectivity index (χ1n) is 17.6. The van der Waals surface area contributed by atoms with Crippen LogP contribution in [-0.2, 0) is 23.9 Å². The van der Waals surface area contributed by atoms with Crippen molar-refractivity contribution in [3.63, 3.8) is 0 Å². The van der Waals surface area contributed by atoms with Crippen LogP contribution in [0.5, 0.6) is 0 Å². The number of nitrogens with two attached hydrogens (primary N) is 2. The summed E-state index contributed by atoms with van der Waals surface area (Å²) >= 11 is 0. The van der Waals surface area contributed by atoms with Crippen molar-refractivity contribution in [1.29, 1.82) is 5.41 Å². The van der Waals surface area contributed by atoms with Crippen LogP contribution < -0.4 is 16.8 Å². The van der Waals surface area contributed by atoms with Gasteiger partial charge in [0.05, 0.1) is 12.0 Å². The molecule has 7 N–H and O–H groups in total. The molecule has 292 valence electrons. The zero-order valence-corrected chi connectivity index (χ0v) is 31.8. The molecule has 0 saturated carbocycles. The lowest BCUT2D eigenvalue weighted by Crippen LogP contribution is -2.49. The van der Waals surface area contributed by atoms with Gasteiger partial charge in [0.1, 0.15) is 6.61 Å². The fourth-order valence-corrected chi connectivity index (χ4v) is 3.98. The normalized spacial score (nSPS) is 12.6. The number of nitrogens with one attached hydrogen (secondary N) is 2. The Bertz CT molecular complexity index is 1430. The quantitative estimate of drug-likeness (QED) is 0.0331. The number of ether oxygens (including phenoxy) is 2. The first kappa shape index (κ1) is 47.5. The van der Waals surface area contributed by atoms with Gasteiger partial charge in [0.2, 0.25) is 5.96 Å². The number of hydrogen-bond acceptors (Lipinski definition) is 8. The van der Waals surface area contributed by atoms with Crippen LogP contribution in [-0.4, -0.2) is 84.1 Å². The highest BCUT2D eigenvalue weighted by molar-refractivity contribution is 5.92. The van der Waals surface area contributed by atoms with Crippen molar-refractivity contribution in [2.75, 3.05) is 27.2 Å². The van der Waals surface area contributed by atoms with E-state index in [0.29, 0.717) is 6.42 Å². The monoisotopic (exact) mass is 737 g/mol. The number of carbonyl (C=O) groups excluding carboxylic acids is 3. The lowest BCUT2D eigenvalue weighted by Gasteiger charge is -2.32. The molecule has 1 rings (SSSR count). The molecule has 53 heavy (non-hydrogen) atoms. The lowest BCUT2D eigenvalue weighted by molar-refractivity contribution is -0.153. The average molecular weight is 738 g/mol. The van der Waals surface area contributed by atoms with Crippen LogP contribution in [0.25, 0.3) is 0 Å². The number of aliphatic carboxylic acids is 1. The van der Waals surface area contributed by atoms with Crippen LogP contribution in [0.3, 0.4) is 0 Å². The number of aliphatic imine (C=N–C) groups is 1. The van der Waals surface area contributed by atoms with Gasteiger partial charge in [0.15, 0.2) is 12.1 Å². The number of unbranched alkanes of at least 4 members (excludes halogenated alkanes) is 1. The summed E-state index contributed by atoms with van der Waals surface area (Å²) in [6, 6.07) is 3.06. The molecule has 1 amide bonds. The Morgan fingerprint density at radius 1 is 0.962 bits per heavy atom. The van der Waals surface area contributed by atoms with Gasteiger partial charge in [-0.05, 0) is 57.1 Å². The molecule has 1 aromatic rings. The topological polar surface area (TPSA) is 223 Å². The van der Waals surface area contributed by atoms with Gasteiger partial charge in [0, 0.05) is 44.9 Å². The van der Waals surface area contributed by atoms with Crippen LogP contribution in [0.1, 0.15) is 88.9 Å². The number of amides is 1. The number of carboxylic acid groups (broad SMARTS) is 1. The van der Waals surface area contributed by atoms with E-state index in [1.165, 1.54) is 18.5 Å². The molecule has 1 atom stereocenters. The highest BCUT2D eigenvalue weighted by atomic mass is 16.6. The van der Waals surface area contributed by atoms with Gasteiger partial charge in [-0.2, -0.15) is 4.99 Å². The third kappa shape index (κ3) is 26.0. The molecular weight excluding hydrogens is 678 g/mol. The summed E-state index contributed by atoms with van der Waals surface area (Å²) in [7, 11) is 3.45. The molecule has 0 aliphatic carbocycles. The number of aromatic nitrogens is 1. The molecule has 14 nitrogen and oxygen atoms in total. The number of carboxylic acids is 1. The number of allylic oxidation sites excluding steroid dienone is 10. The molecular formula is C39H59N7O7. The second-order valence-corrected chi connectivity index (χ2v) is 12.5. The van der Waals surface area contributed by atoms with Gasteiger partial charge in [-0.1, -0.05) is 81.5 Å². The molecule has 1 unspecified atom stereocenters. The number of esters is 2. The molecule has 0 saturated heterocycles. The van der Waals surface area contributed by atoms with Crippen molar-refractivity contribution in [3.8, 4) is 0 Å². The number of guanidine groups is 2. The number of hydrogen-bond donors (Lipinski definition) is 5. The van der Waals surface area contributed by atoms with E-state index < -0.39 is 35.3 Å². The van der Waals surface area contributed by atoms with Gasteiger partial charge in [-0.25, -0.2) is 4.79 Å². The number of pyridine rings is 1. The average Bonchev–Trinajstić information content (AvgIpc) is 3.11. The number of carbonyl (C=O) groups is 4. The molecule has 0 bridgehead atoms. The maximum atomic E-state index is 12.9. The SMILES string of the molecule is CC/C=C\C/C=C\C/C=C\C/C=C\C/C=C\CCCC(=O)OCC(C)(C)C(OC(=O)c1cccnc1)C(=O)NCCC(=O)O.CN(C)C(N)=NC(=N)N. The fraction of sp³-hybridized carbons (Fsp3) is 0.462. The smallest absolute Gasteiger partial charge is 0.340 e. The summed E-state index contributed by atoms with van der Waals surface area (Å²) in [5, 5.41) is 18.0. The Labute approximate surface area is 314 Å². The van der Waals surface area contributed by atoms with E-state index >= 15 is 0 Å². The minimum atomic E-state index is -1.34. The minimum Gasteiger partial charge on any atom is -0.481 e. The summed E-state index contributed by atoms with van der Waals surface area (Å²) < 4.78 is 10.9. The summed E-state index contributed by atoms with van der Waals surface area (Å²) in [4.78, 5) is 57.6. The summed E-state index contributed by atoms with van der Waals surface area (Å²) in [5.41, 5.74) is 9.25. The van der Waals surface area contributed by atoms with Crippen LogP contribution in [0.15, 0.2) is 90.3 Å². The zero-order valence-electron chi connectivity index (χ0n) is 31.8. The van der Waals surface area contributed by atoms with Crippen molar-refractivity contribution in [3.05, 3.63) is 90.9 Å². The fourth-order valence-electron chi connectivity index (χ4n) is 3.98. The van der Waals surface area contributed by atoms with Crippen molar-refractivity contribution in [2.45, 2.75) is 84.7 Å². The van der Waals surface area contributed by atoms with Crippen molar-refractivity contribution in [1.82, 2.24) is 15.2 Å². The molecule has 1 aromatic heterocycles. The van der Waals surface area contributed by atoms with Gasteiger partial charge in [0.25, 0.3) is 5.91 Å². The number of nitrogens with zero attached hydrogens (tertiary/aromatic N) is 3. The molecule has 14 heteroatoms. The molecule has 0 aromatic carbocycles. The Morgan fingerprint density at radius 2 is 1.53 bits per heavy atom. The standard InChI is InChI=1S/C35H48N2O7.C4H11N5/c1-4-5-6-7-8-9-10-11-12-13-14-15-16-17-18-19-20-23-31(40)43-28-35(2,3)32(33(41)37-26-24-30(38)39)44-34(42)29-22-21-25-36-27-29;1-9(2)4(7)8-3(5)6/h5-6,8-9,11-12,14-15,17-18,21-22,25,27,32H,4,7,10,13,16,19-20,23-24,26,28H2,1-3H3,(H,37,41)(H,38,39);1-2H3,(H5,5,6,7,8)/b6-5-,9-8-,12-11-,15-14-,18-17-;. The predicted octanol–water partition coefficient (Wildman–Crippen LogP) is 5.45. The van der Waals surface area contributed by atoms with Gasteiger partial charge >= 0.3 is 17.9 Å². The van der Waals surface area contributed by atoms with Crippen LogP contribution in [0, 0.1) is 10.8 Å². The van der Waals surface area contributed by atoms with Crippen LogP contribution >= 0.6 is 0 Å². The predicted molar refractivity (Wildman–Crippen MR) is 209 cm³/mol. The van der Waals surface area contributed by atoms with E-state index in [0.717, 1.165) is 38.5 Å². The molecule has 1 heterocycles. The van der Waals surface area contributed by atoms with Gasteiger partial charge in [-0.15, -0.1) is 0 Å². The van der Waals surface area contributed by atoms with E-state index in [1.807, 2.05) is 6.08 Å². The Balaban J connectivity index is 0.00000264. The largest absolute Gasteiger partial charge is 0.481 e. The highest BCUT2D eigenvalue weighted by Crippen LogP contribution is 2.26. The van der Waals surface area contributed by atoms with Crippen molar-refractivity contribution < 1.29 is 33.8 Å². The van der Waals surface area contributed by atoms with Gasteiger partial charge < -0.3 is 36.3 Å². The second kappa shape index (κ2) is 29.1. The van der Waals surface area contributed by atoms with Crippen molar-refractivity contribution >= 4 is 35.7 Å². The van der Waals surface area contributed by atoms with Crippen LogP contribution in [0.4, 0.5) is 0 Å². The Morgan fingerprint density at radius 3 is 2.00 bits per heavy atom. The van der Waals surface area contributed by atoms with E-state index in [4.69, 9.17) is 31.5 Å². The molecule has 0 aliphatic heterocycles. The van der Waals surface area contributed by atoms with E-state index in [-0.39, 0.29) is 43.5 Å². The minimum absolute atomic E-state index is 0.138. The maximum Gasteiger partial charge on any atom is 0.340 e. The van der Waals surface area contributed by atoms with Crippen LogP contribution in [0.2, 0.25) is 0 Å². The first-order valence-corrected chi connectivity index (χ1v) is 17.6. The third-order valence-corrected chi connectivity index (χ3v) is 6.92. The van der Waals surface area contributed by atoms with E-state index in [9.17, 15) is 19.2 Å². The van der Waals surface area contributed by atoms with Gasteiger partial charge in [-0.3, -0.25) is 24.8 Å². The Kier molecular flexibility index (Phi) is 26.1. The summed E-state index contributed by atoms with van der Waals surface area (Å²) in [5.74, 6) is -2.99. The lowest BCUT2D eigenvalue weighted by atomic mass is 9.86. The summed E-state index contributed by atoms with van der Waals surface area (Å²) in [6.45, 7) is 5.08. The summed E-state index contributed by atoms with van der Waals surface area (Å²) in [6.07, 6.45) is 28.8. The molecule has 0 fully saturated rings. The third-order valence-electron chi connectivity index (χ3n) is 6.92. The van der Waals surface area contributed by atoms with Crippen molar-refractivity contribution in [2.24, 2.45) is 21.9 Å². The highest BCUT2D eigenvalue weighted by Gasteiger charge is 2.40. The number of rotatable bonds is 22. The van der Waals surface area contributed by atoms with E-state index in [1.54, 1.807) is 38.9 Å². The molecule has 0 radical (unpaired) electrons. The maximum absolute atomic E-state index is 12.9. The Hall–Kier alpha value is -5.53. The second-order valence-electron chi connectivity index (χ2n) is 12.5. The van der Waals surface area contributed by atoms with E-state index in [2.05, 4.69) is 76.9 Å². The first-order chi connectivity index (χ1) is 25.2.